The van der Waals surface area contributed by atoms with E-state index in [1.165, 1.54) is 11.3 Å². The lowest BCUT2D eigenvalue weighted by Crippen LogP contribution is -2.44. The molecule has 0 bridgehead atoms. The van der Waals surface area contributed by atoms with Crippen molar-refractivity contribution in [1.82, 2.24) is 5.32 Å². The van der Waals surface area contributed by atoms with Gasteiger partial charge in [0, 0.05) is 30.9 Å². The molecule has 0 saturated carbocycles. The quantitative estimate of drug-likeness (QED) is 0.829. The lowest BCUT2D eigenvalue weighted by molar-refractivity contribution is 0.166. The van der Waals surface area contributed by atoms with Gasteiger partial charge in [0.15, 0.2) is 0 Å². The van der Waals surface area contributed by atoms with Gasteiger partial charge in [0.05, 0.1) is 6.10 Å². The largest absolute Gasteiger partial charge is 0.390 e. The first-order chi connectivity index (χ1) is 8.81. The van der Waals surface area contributed by atoms with Gasteiger partial charge in [-0.05, 0) is 52.3 Å². The fourth-order valence-electron chi connectivity index (χ4n) is 1.98. The van der Waals surface area contributed by atoms with Crippen LogP contribution >= 0.6 is 0 Å². The second kappa shape index (κ2) is 6.92. The second-order valence-corrected chi connectivity index (χ2v) is 6.16. The molecule has 1 aromatic carbocycles. The number of nitrogens with one attached hydrogen (secondary N) is 1. The van der Waals surface area contributed by atoms with Crippen molar-refractivity contribution < 1.29 is 5.11 Å². The number of aryl methyl sites for hydroxylation is 1. The molecule has 0 amide bonds. The maximum absolute atomic E-state index is 10.1. The Morgan fingerprint density at radius 1 is 1.32 bits per heavy atom. The van der Waals surface area contributed by atoms with Crippen molar-refractivity contribution in [2.45, 2.75) is 46.3 Å². The zero-order valence-electron chi connectivity index (χ0n) is 12.9. The number of hydrogen-bond donors (Lipinski definition) is 2. The minimum atomic E-state index is -0.361. The zero-order chi connectivity index (χ0) is 14.5. The standard InChI is InChI=1S/C16H28N2O/c1-6-18(14-9-7-8-13(2)10-14)12-15(19)11-17-16(3,4)5/h7-10,15,17,19H,6,11-12H2,1-5H3. The van der Waals surface area contributed by atoms with Crippen LogP contribution in [0, 0.1) is 6.92 Å². The highest BCUT2D eigenvalue weighted by atomic mass is 16.3. The van der Waals surface area contributed by atoms with E-state index in [4.69, 9.17) is 0 Å². The lowest BCUT2D eigenvalue weighted by Gasteiger charge is -2.28. The predicted octanol–water partition coefficient (Wildman–Crippen LogP) is 2.57. The Morgan fingerprint density at radius 2 is 2.00 bits per heavy atom. The molecular formula is C16H28N2O. The molecule has 2 N–H and O–H groups in total. The van der Waals surface area contributed by atoms with Gasteiger partial charge in [-0.2, -0.15) is 0 Å². The molecular weight excluding hydrogens is 236 g/mol. The van der Waals surface area contributed by atoms with E-state index >= 15 is 0 Å². The van der Waals surface area contributed by atoms with Crippen LogP contribution in [0.15, 0.2) is 24.3 Å². The van der Waals surface area contributed by atoms with Crippen molar-refractivity contribution in [3.05, 3.63) is 29.8 Å². The van der Waals surface area contributed by atoms with E-state index in [0.717, 1.165) is 6.54 Å². The Morgan fingerprint density at radius 3 is 2.53 bits per heavy atom. The predicted molar refractivity (Wildman–Crippen MR) is 82.8 cm³/mol. The van der Waals surface area contributed by atoms with Gasteiger partial charge in [-0.1, -0.05) is 12.1 Å². The molecule has 3 heteroatoms. The SMILES string of the molecule is CCN(CC(O)CNC(C)(C)C)c1cccc(C)c1. The van der Waals surface area contributed by atoms with Crippen molar-refractivity contribution in [1.29, 1.82) is 0 Å². The van der Waals surface area contributed by atoms with Gasteiger partial charge in [-0.25, -0.2) is 0 Å². The van der Waals surface area contributed by atoms with Crippen LogP contribution in [0.25, 0.3) is 0 Å². The smallest absolute Gasteiger partial charge is 0.0839 e. The first kappa shape index (κ1) is 16.0. The minimum Gasteiger partial charge on any atom is -0.390 e. The summed E-state index contributed by atoms with van der Waals surface area (Å²) in [6, 6.07) is 8.41. The first-order valence-electron chi connectivity index (χ1n) is 7.06. The highest BCUT2D eigenvalue weighted by molar-refractivity contribution is 5.48. The fourth-order valence-corrected chi connectivity index (χ4v) is 1.98. The van der Waals surface area contributed by atoms with Crippen molar-refractivity contribution in [3.63, 3.8) is 0 Å². The van der Waals surface area contributed by atoms with E-state index in [1.807, 2.05) is 0 Å². The number of anilines is 1. The fraction of sp³-hybridized carbons (Fsp3) is 0.625. The average molecular weight is 264 g/mol. The van der Waals surface area contributed by atoms with E-state index in [9.17, 15) is 5.11 Å². The highest BCUT2D eigenvalue weighted by Gasteiger charge is 2.15. The van der Waals surface area contributed by atoms with E-state index in [-0.39, 0.29) is 11.6 Å². The molecule has 1 unspecified atom stereocenters. The average Bonchev–Trinajstić information content (AvgIpc) is 2.32. The summed E-state index contributed by atoms with van der Waals surface area (Å²) in [5.41, 5.74) is 2.47. The maximum Gasteiger partial charge on any atom is 0.0839 e. The molecule has 0 aliphatic heterocycles. The third-order valence-corrected chi connectivity index (χ3v) is 3.05. The number of aliphatic hydroxyl groups excluding tert-OH is 1. The number of aliphatic hydroxyl groups is 1. The summed E-state index contributed by atoms with van der Waals surface area (Å²) in [7, 11) is 0. The van der Waals surface area contributed by atoms with Gasteiger partial charge in [0.1, 0.15) is 0 Å². The number of β-amino-alcohol motifs (C(OH)–C–C–N with tert-alkyl or cyclic N) is 1. The topological polar surface area (TPSA) is 35.5 Å². The molecule has 0 aromatic heterocycles. The summed E-state index contributed by atoms with van der Waals surface area (Å²) in [4.78, 5) is 2.21. The molecule has 0 radical (unpaired) electrons. The normalized spacial score (nSPS) is 13.4. The van der Waals surface area contributed by atoms with Gasteiger partial charge < -0.3 is 15.3 Å². The summed E-state index contributed by atoms with van der Waals surface area (Å²) in [5, 5.41) is 13.5. The third-order valence-electron chi connectivity index (χ3n) is 3.05. The van der Waals surface area contributed by atoms with Gasteiger partial charge in [0.2, 0.25) is 0 Å². The molecule has 1 atom stereocenters. The van der Waals surface area contributed by atoms with Crippen LogP contribution in [-0.2, 0) is 0 Å². The van der Waals surface area contributed by atoms with E-state index < -0.39 is 0 Å². The number of nitrogens with zero attached hydrogens (tertiary/aromatic N) is 1. The Kier molecular flexibility index (Phi) is 5.83. The maximum atomic E-state index is 10.1. The van der Waals surface area contributed by atoms with Crippen molar-refractivity contribution in [3.8, 4) is 0 Å². The van der Waals surface area contributed by atoms with Crippen LogP contribution in [0.3, 0.4) is 0 Å². The Balaban J connectivity index is 2.57. The van der Waals surface area contributed by atoms with Crippen molar-refractivity contribution in [2.75, 3.05) is 24.5 Å². The van der Waals surface area contributed by atoms with Crippen LogP contribution in [-0.4, -0.2) is 36.4 Å². The number of benzene rings is 1. The van der Waals surface area contributed by atoms with Gasteiger partial charge in [-0.3, -0.25) is 0 Å². The van der Waals surface area contributed by atoms with Crippen molar-refractivity contribution in [2.24, 2.45) is 0 Å². The van der Waals surface area contributed by atoms with Gasteiger partial charge in [-0.15, -0.1) is 0 Å². The summed E-state index contributed by atoms with van der Waals surface area (Å²) in [6.07, 6.45) is -0.361. The van der Waals surface area contributed by atoms with Crippen LogP contribution in [0.2, 0.25) is 0 Å². The van der Waals surface area contributed by atoms with Crippen LogP contribution < -0.4 is 10.2 Å². The first-order valence-corrected chi connectivity index (χ1v) is 7.06. The molecule has 0 heterocycles. The zero-order valence-corrected chi connectivity index (χ0v) is 12.9. The molecule has 108 valence electrons. The summed E-state index contributed by atoms with van der Waals surface area (Å²) in [6.45, 7) is 12.7. The summed E-state index contributed by atoms with van der Waals surface area (Å²) < 4.78 is 0. The van der Waals surface area contributed by atoms with Crippen LogP contribution in [0.4, 0.5) is 5.69 Å². The van der Waals surface area contributed by atoms with E-state index in [2.05, 4.69) is 69.1 Å². The Hall–Kier alpha value is -1.06. The van der Waals surface area contributed by atoms with Crippen LogP contribution in [0.1, 0.15) is 33.3 Å². The Bertz CT molecular complexity index is 385. The van der Waals surface area contributed by atoms with Crippen molar-refractivity contribution >= 4 is 5.69 Å². The molecule has 0 aliphatic carbocycles. The molecule has 1 rings (SSSR count). The number of likely N-dealkylation sites (N-methyl/N-ethyl adjacent to an activating group) is 1. The summed E-state index contributed by atoms with van der Waals surface area (Å²) >= 11 is 0. The molecule has 0 aliphatic rings. The molecule has 0 saturated heterocycles. The summed E-state index contributed by atoms with van der Waals surface area (Å²) in [5.74, 6) is 0. The third kappa shape index (κ3) is 6.08. The van der Waals surface area contributed by atoms with E-state index in [0.29, 0.717) is 13.1 Å². The van der Waals surface area contributed by atoms with Gasteiger partial charge in [0.25, 0.3) is 0 Å². The molecule has 1 aromatic rings. The monoisotopic (exact) mass is 264 g/mol. The molecule has 0 fully saturated rings. The highest BCUT2D eigenvalue weighted by Crippen LogP contribution is 2.16. The molecule has 0 spiro atoms. The molecule has 19 heavy (non-hydrogen) atoms. The van der Waals surface area contributed by atoms with Gasteiger partial charge >= 0.3 is 0 Å². The lowest BCUT2D eigenvalue weighted by atomic mass is 10.1. The number of rotatable bonds is 6. The minimum absolute atomic E-state index is 0.0430. The Labute approximate surface area is 117 Å². The number of hydrogen-bond acceptors (Lipinski definition) is 3. The van der Waals surface area contributed by atoms with E-state index in [1.54, 1.807) is 0 Å². The van der Waals surface area contributed by atoms with Crippen LogP contribution in [0.5, 0.6) is 0 Å². The molecule has 3 nitrogen and oxygen atoms in total. The second-order valence-electron chi connectivity index (χ2n) is 6.16.